The maximum Gasteiger partial charge on any atom is 0.224 e. The Kier molecular flexibility index (Phi) is 3.78. The molecule has 1 unspecified atom stereocenters. The third-order valence-electron chi connectivity index (χ3n) is 3.64. The number of aromatic nitrogens is 1. The highest BCUT2D eigenvalue weighted by atomic mass is 32.2. The van der Waals surface area contributed by atoms with Crippen LogP contribution in [0.4, 0.5) is 0 Å². The SMILES string of the molecule is O=C(Cc1c[nH]c2ccccc12)NCC1CCSC1. The first-order valence-electron chi connectivity index (χ1n) is 6.72. The molecule has 2 aromatic rings. The summed E-state index contributed by atoms with van der Waals surface area (Å²) in [5.41, 5.74) is 2.17. The van der Waals surface area contributed by atoms with Gasteiger partial charge in [-0.2, -0.15) is 11.8 Å². The molecule has 0 aliphatic carbocycles. The van der Waals surface area contributed by atoms with E-state index in [0.29, 0.717) is 12.3 Å². The molecule has 1 aromatic carbocycles. The van der Waals surface area contributed by atoms with E-state index < -0.39 is 0 Å². The van der Waals surface area contributed by atoms with E-state index in [2.05, 4.69) is 16.4 Å². The Hall–Kier alpha value is -1.42. The van der Waals surface area contributed by atoms with Crippen molar-refractivity contribution in [3.63, 3.8) is 0 Å². The first-order chi connectivity index (χ1) is 9.33. The maximum absolute atomic E-state index is 12.0. The lowest BCUT2D eigenvalue weighted by Gasteiger charge is -2.09. The van der Waals surface area contributed by atoms with Gasteiger partial charge in [0.05, 0.1) is 6.42 Å². The molecule has 0 saturated carbocycles. The Morgan fingerprint density at radius 3 is 3.16 bits per heavy atom. The van der Waals surface area contributed by atoms with Crippen LogP contribution in [0.1, 0.15) is 12.0 Å². The molecule has 1 fully saturated rings. The lowest BCUT2D eigenvalue weighted by atomic mass is 10.1. The van der Waals surface area contributed by atoms with Crippen molar-refractivity contribution in [3.8, 4) is 0 Å². The molecule has 1 saturated heterocycles. The first kappa shape index (κ1) is 12.6. The molecule has 1 atom stereocenters. The van der Waals surface area contributed by atoms with Gasteiger partial charge in [-0.25, -0.2) is 0 Å². The fourth-order valence-corrected chi connectivity index (χ4v) is 3.80. The fourth-order valence-electron chi connectivity index (χ4n) is 2.52. The van der Waals surface area contributed by atoms with Gasteiger partial charge in [-0.3, -0.25) is 4.79 Å². The summed E-state index contributed by atoms with van der Waals surface area (Å²) >= 11 is 1.98. The van der Waals surface area contributed by atoms with Crippen molar-refractivity contribution in [1.82, 2.24) is 10.3 Å². The van der Waals surface area contributed by atoms with E-state index in [4.69, 9.17) is 0 Å². The van der Waals surface area contributed by atoms with E-state index in [-0.39, 0.29) is 5.91 Å². The zero-order valence-corrected chi connectivity index (χ0v) is 11.6. The molecular weight excluding hydrogens is 256 g/mol. The molecule has 2 heterocycles. The van der Waals surface area contributed by atoms with E-state index in [0.717, 1.165) is 23.0 Å². The standard InChI is InChI=1S/C15H18N2OS/c18-15(17-8-11-5-6-19-10-11)7-12-9-16-14-4-2-1-3-13(12)14/h1-4,9,11,16H,5-8,10H2,(H,17,18). The molecule has 0 radical (unpaired) electrons. The minimum absolute atomic E-state index is 0.127. The van der Waals surface area contributed by atoms with Gasteiger partial charge in [0.15, 0.2) is 0 Å². The summed E-state index contributed by atoms with van der Waals surface area (Å²) in [6.07, 6.45) is 3.64. The molecule has 3 rings (SSSR count). The molecule has 1 aliphatic rings. The molecule has 0 spiro atoms. The molecular formula is C15H18N2OS. The minimum Gasteiger partial charge on any atom is -0.361 e. The molecule has 0 bridgehead atoms. The molecule has 1 aliphatic heterocycles. The highest BCUT2D eigenvalue weighted by molar-refractivity contribution is 7.99. The van der Waals surface area contributed by atoms with E-state index in [9.17, 15) is 4.79 Å². The normalized spacial score (nSPS) is 18.8. The monoisotopic (exact) mass is 274 g/mol. The fraction of sp³-hybridized carbons (Fsp3) is 0.400. The van der Waals surface area contributed by atoms with Crippen LogP contribution in [0, 0.1) is 5.92 Å². The largest absolute Gasteiger partial charge is 0.361 e. The number of rotatable bonds is 4. The second kappa shape index (κ2) is 5.70. The number of aromatic amines is 1. The van der Waals surface area contributed by atoms with Gasteiger partial charge in [0.2, 0.25) is 5.91 Å². The highest BCUT2D eigenvalue weighted by Crippen LogP contribution is 2.22. The van der Waals surface area contributed by atoms with Gasteiger partial charge < -0.3 is 10.3 Å². The van der Waals surface area contributed by atoms with Crippen molar-refractivity contribution in [2.45, 2.75) is 12.8 Å². The summed E-state index contributed by atoms with van der Waals surface area (Å²) in [5, 5.41) is 4.21. The topological polar surface area (TPSA) is 44.9 Å². The smallest absolute Gasteiger partial charge is 0.224 e. The Bertz CT molecular complexity index is 572. The number of hydrogen-bond acceptors (Lipinski definition) is 2. The summed E-state index contributed by atoms with van der Waals surface area (Å²) in [4.78, 5) is 15.2. The number of hydrogen-bond donors (Lipinski definition) is 2. The van der Waals surface area contributed by atoms with Gasteiger partial charge in [-0.15, -0.1) is 0 Å². The van der Waals surface area contributed by atoms with Crippen LogP contribution >= 0.6 is 11.8 Å². The molecule has 19 heavy (non-hydrogen) atoms. The van der Waals surface area contributed by atoms with Crippen LogP contribution in [0.5, 0.6) is 0 Å². The summed E-state index contributed by atoms with van der Waals surface area (Å²) in [6.45, 7) is 0.828. The number of thioether (sulfide) groups is 1. The van der Waals surface area contributed by atoms with Gasteiger partial charge >= 0.3 is 0 Å². The zero-order valence-electron chi connectivity index (χ0n) is 10.8. The summed E-state index contributed by atoms with van der Waals surface area (Å²) in [7, 11) is 0. The van der Waals surface area contributed by atoms with E-state index in [1.165, 1.54) is 17.9 Å². The van der Waals surface area contributed by atoms with Gasteiger partial charge in [-0.05, 0) is 35.5 Å². The van der Waals surface area contributed by atoms with Crippen molar-refractivity contribution in [2.75, 3.05) is 18.1 Å². The number of carbonyl (C=O) groups excluding carboxylic acids is 1. The lowest BCUT2D eigenvalue weighted by Crippen LogP contribution is -2.30. The maximum atomic E-state index is 12.0. The van der Waals surface area contributed by atoms with Crippen LogP contribution in [-0.4, -0.2) is 28.9 Å². The molecule has 4 heteroatoms. The van der Waals surface area contributed by atoms with Gasteiger partial charge in [0.25, 0.3) is 0 Å². The number of H-pyrrole nitrogens is 1. The second-order valence-corrected chi connectivity index (χ2v) is 6.22. The molecule has 3 nitrogen and oxygen atoms in total. The van der Waals surface area contributed by atoms with Crippen molar-refractivity contribution in [2.24, 2.45) is 5.92 Å². The number of fused-ring (bicyclic) bond motifs is 1. The van der Waals surface area contributed by atoms with E-state index >= 15 is 0 Å². The average Bonchev–Trinajstić information content (AvgIpc) is 3.07. The van der Waals surface area contributed by atoms with Gasteiger partial charge in [-0.1, -0.05) is 18.2 Å². The lowest BCUT2D eigenvalue weighted by molar-refractivity contribution is -0.120. The molecule has 2 N–H and O–H groups in total. The summed E-state index contributed by atoms with van der Waals surface area (Å²) in [5.74, 6) is 3.22. The summed E-state index contributed by atoms with van der Waals surface area (Å²) < 4.78 is 0. The number of amides is 1. The molecule has 1 aromatic heterocycles. The van der Waals surface area contributed by atoms with E-state index in [1.807, 2.05) is 36.2 Å². The number of benzene rings is 1. The van der Waals surface area contributed by atoms with Crippen LogP contribution in [0.3, 0.4) is 0 Å². The van der Waals surface area contributed by atoms with Crippen molar-refractivity contribution in [3.05, 3.63) is 36.0 Å². The van der Waals surface area contributed by atoms with Gasteiger partial charge in [0.1, 0.15) is 0 Å². The molecule has 100 valence electrons. The van der Waals surface area contributed by atoms with Crippen LogP contribution in [0.15, 0.2) is 30.5 Å². The minimum atomic E-state index is 0.127. The highest BCUT2D eigenvalue weighted by Gasteiger charge is 2.16. The third-order valence-corrected chi connectivity index (χ3v) is 4.87. The summed E-state index contributed by atoms with van der Waals surface area (Å²) in [6, 6.07) is 8.10. The van der Waals surface area contributed by atoms with Crippen molar-refractivity contribution < 1.29 is 4.79 Å². The first-order valence-corrected chi connectivity index (χ1v) is 7.88. The number of para-hydroxylation sites is 1. The number of nitrogens with one attached hydrogen (secondary N) is 2. The van der Waals surface area contributed by atoms with Crippen molar-refractivity contribution >= 4 is 28.6 Å². The average molecular weight is 274 g/mol. The van der Waals surface area contributed by atoms with Crippen LogP contribution in [-0.2, 0) is 11.2 Å². The van der Waals surface area contributed by atoms with Gasteiger partial charge in [0, 0.05) is 23.6 Å². The Labute approximate surface area is 117 Å². The molecule has 1 amide bonds. The van der Waals surface area contributed by atoms with Crippen LogP contribution < -0.4 is 5.32 Å². The zero-order chi connectivity index (χ0) is 13.1. The third kappa shape index (κ3) is 2.95. The predicted molar refractivity (Wildman–Crippen MR) is 80.4 cm³/mol. The Morgan fingerprint density at radius 1 is 1.42 bits per heavy atom. The quantitative estimate of drug-likeness (QED) is 0.900. The Morgan fingerprint density at radius 2 is 2.32 bits per heavy atom. The van der Waals surface area contributed by atoms with E-state index in [1.54, 1.807) is 0 Å². The predicted octanol–water partition coefficient (Wildman–Crippen LogP) is 2.58. The second-order valence-electron chi connectivity index (χ2n) is 5.07. The Balaban J connectivity index is 1.59. The van der Waals surface area contributed by atoms with Crippen molar-refractivity contribution in [1.29, 1.82) is 0 Å². The number of carbonyl (C=O) groups is 1. The van der Waals surface area contributed by atoms with Crippen LogP contribution in [0.25, 0.3) is 10.9 Å². The van der Waals surface area contributed by atoms with Crippen LogP contribution in [0.2, 0.25) is 0 Å².